The summed E-state index contributed by atoms with van der Waals surface area (Å²) in [5, 5.41) is 11.9. The van der Waals surface area contributed by atoms with Crippen LogP contribution in [0.5, 0.6) is 5.75 Å². The fourth-order valence-corrected chi connectivity index (χ4v) is 2.41. The van der Waals surface area contributed by atoms with Crippen molar-refractivity contribution in [3.05, 3.63) is 34.9 Å². The van der Waals surface area contributed by atoms with Gasteiger partial charge in [-0.3, -0.25) is 4.79 Å². The normalized spacial score (nSPS) is 17.9. The van der Waals surface area contributed by atoms with E-state index in [4.69, 9.17) is 9.47 Å². The Labute approximate surface area is 130 Å². The van der Waals surface area contributed by atoms with Gasteiger partial charge in [-0.2, -0.15) is 5.26 Å². The van der Waals surface area contributed by atoms with Gasteiger partial charge >= 0.3 is 0 Å². The first-order valence-corrected chi connectivity index (χ1v) is 7.30. The lowest BCUT2D eigenvalue weighted by atomic mass is 10.1. The lowest BCUT2D eigenvalue weighted by Crippen LogP contribution is -2.32. The minimum atomic E-state index is -0.369. The Hall–Kier alpha value is -2.32. The van der Waals surface area contributed by atoms with E-state index in [-0.39, 0.29) is 17.6 Å². The van der Waals surface area contributed by atoms with Gasteiger partial charge in [-0.05, 0) is 49.1 Å². The number of ether oxygens (including phenoxy) is 2. The van der Waals surface area contributed by atoms with Gasteiger partial charge in [-0.25, -0.2) is 0 Å². The van der Waals surface area contributed by atoms with Crippen LogP contribution in [0.2, 0.25) is 0 Å². The minimum Gasteiger partial charge on any atom is -0.496 e. The van der Waals surface area contributed by atoms with Crippen LogP contribution in [-0.4, -0.2) is 32.3 Å². The summed E-state index contributed by atoms with van der Waals surface area (Å²) in [7, 11) is 1.61. The molecule has 1 atom stereocenters. The predicted octanol–water partition coefficient (Wildman–Crippen LogP) is 2.21. The molecule has 2 rings (SSSR count). The molecular formula is C17H20N2O3. The molecule has 1 aromatic rings. The van der Waals surface area contributed by atoms with Crippen LogP contribution in [0.1, 0.15) is 24.0 Å². The molecule has 0 spiro atoms. The summed E-state index contributed by atoms with van der Waals surface area (Å²) in [4.78, 5) is 12.1. The zero-order chi connectivity index (χ0) is 15.9. The number of hydrogen-bond acceptors (Lipinski definition) is 4. The Bertz CT molecular complexity index is 611. The number of carbonyl (C=O) groups is 1. The molecule has 1 saturated heterocycles. The van der Waals surface area contributed by atoms with Crippen molar-refractivity contribution in [1.82, 2.24) is 5.32 Å². The third-order valence-corrected chi connectivity index (χ3v) is 3.61. The molecule has 1 aliphatic rings. The molecule has 1 fully saturated rings. The van der Waals surface area contributed by atoms with E-state index in [1.807, 2.05) is 31.2 Å². The number of aryl methyl sites for hydroxylation is 1. The molecule has 5 nitrogen and oxygen atoms in total. The molecule has 116 valence electrons. The maximum absolute atomic E-state index is 12.1. The summed E-state index contributed by atoms with van der Waals surface area (Å²) in [6.45, 7) is 3.10. The lowest BCUT2D eigenvalue weighted by Gasteiger charge is -2.10. The third kappa shape index (κ3) is 4.09. The van der Waals surface area contributed by atoms with Crippen LogP contribution in [0.3, 0.4) is 0 Å². The first kappa shape index (κ1) is 16.1. The van der Waals surface area contributed by atoms with Gasteiger partial charge in [0.2, 0.25) is 0 Å². The topological polar surface area (TPSA) is 71.3 Å². The zero-order valence-electron chi connectivity index (χ0n) is 12.9. The van der Waals surface area contributed by atoms with Crippen molar-refractivity contribution in [2.75, 3.05) is 20.3 Å². The van der Waals surface area contributed by atoms with Crippen molar-refractivity contribution in [2.24, 2.45) is 0 Å². The Kier molecular flexibility index (Phi) is 5.56. The molecule has 1 amide bonds. The highest BCUT2D eigenvalue weighted by Gasteiger charge is 2.17. The Balaban J connectivity index is 2.04. The van der Waals surface area contributed by atoms with Crippen molar-refractivity contribution in [1.29, 1.82) is 5.26 Å². The fourth-order valence-electron chi connectivity index (χ4n) is 2.41. The van der Waals surface area contributed by atoms with Gasteiger partial charge in [0, 0.05) is 13.2 Å². The lowest BCUT2D eigenvalue weighted by molar-refractivity contribution is -0.117. The fraction of sp³-hybridized carbons (Fsp3) is 0.412. The van der Waals surface area contributed by atoms with Gasteiger partial charge in [-0.1, -0.05) is 6.07 Å². The number of hydrogen-bond donors (Lipinski definition) is 1. The number of carbonyl (C=O) groups excluding carboxylic acids is 1. The van der Waals surface area contributed by atoms with Crippen LogP contribution < -0.4 is 10.1 Å². The molecule has 22 heavy (non-hydrogen) atoms. The van der Waals surface area contributed by atoms with Crippen molar-refractivity contribution in [2.45, 2.75) is 25.9 Å². The highest BCUT2D eigenvalue weighted by atomic mass is 16.5. The summed E-state index contributed by atoms with van der Waals surface area (Å²) in [5.74, 6) is 0.407. The molecule has 1 aromatic carbocycles. The van der Waals surface area contributed by atoms with E-state index in [2.05, 4.69) is 5.32 Å². The van der Waals surface area contributed by atoms with E-state index in [0.29, 0.717) is 6.54 Å². The predicted molar refractivity (Wildman–Crippen MR) is 83.3 cm³/mol. The number of amides is 1. The SMILES string of the molecule is COc1ccc(/C=C(\C#N)C(=O)NCC2CCCO2)cc1C. The van der Waals surface area contributed by atoms with E-state index >= 15 is 0 Å². The number of nitrogens with zero attached hydrogens (tertiary/aromatic N) is 1. The molecule has 1 N–H and O–H groups in total. The second kappa shape index (κ2) is 7.62. The summed E-state index contributed by atoms with van der Waals surface area (Å²) >= 11 is 0. The smallest absolute Gasteiger partial charge is 0.262 e. The van der Waals surface area contributed by atoms with Crippen molar-refractivity contribution in [3.8, 4) is 11.8 Å². The molecule has 0 aliphatic carbocycles. The van der Waals surface area contributed by atoms with Gasteiger partial charge in [0.1, 0.15) is 17.4 Å². The van der Waals surface area contributed by atoms with Crippen LogP contribution in [-0.2, 0) is 9.53 Å². The monoisotopic (exact) mass is 300 g/mol. The Morgan fingerprint density at radius 2 is 2.41 bits per heavy atom. The van der Waals surface area contributed by atoms with Gasteiger partial charge < -0.3 is 14.8 Å². The molecule has 0 radical (unpaired) electrons. The van der Waals surface area contributed by atoms with E-state index in [1.54, 1.807) is 13.2 Å². The molecule has 1 unspecified atom stereocenters. The summed E-state index contributed by atoms with van der Waals surface area (Å²) in [6, 6.07) is 7.47. The van der Waals surface area contributed by atoms with Crippen LogP contribution in [0.4, 0.5) is 0 Å². The minimum absolute atomic E-state index is 0.0622. The number of benzene rings is 1. The molecule has 1 heterocycles. The number of rotatable bonds is 5. The van der Waals surface area contributed by atoms with Gasteiger partial charge in [0.15, 0.2) is 0 Å². The largest absolute Gasteiger partial charge is 0.496 e. The molecule has 0 bridgehead atoms. The van der Waals surface area contributed by atoms with Crippen LogP contribution in [0.25, 0.3) is 6.08 Å². The standard InChI is InChI=1S/C17H20N2O3/c1-12-8-13(5-6-16(12)21-2)9-14(10-18)17(20)19-11-15-4-3-7-22-15/h5-6,8-9,15H,3-4,7,11H2,1-2H3,(H,19,20)/b14-9+. The number of methoxy groups -OCH3 is 1. The first-order chi connectivity index (χ1) is 10.6. The van der Waals surface area contributed by atoms with E-state index < -0.39 is 0 Å². The summed E-state index contributed by atoms with van der Waals surface area (Å²) in [5.41, 5.74) is 1.83. The zero-order valence-corrected chi connectivity index (χ0v) is 12.9. The average molecular weight is 300 g/mol. The van der Waals surface area contributed by atoms with Crippen LogP contribution >= 0.6 is 0 Å². The maximum Gasteiger partial charge on any atom is 0.262 e. The molecule has 0 saturated carbocycles. The maximum atomic E-state index is 12.1. The second-order valence-corrected chi connectivity index (χ2v) is 5.24. The molecule has 0 aromatic heterocycles. The molecule has 5 heteroatoms. The second-order valence-electron chi connectivity index (χ2n) is 5.24. The summed E-state index contributed by atoms with van der Waals surface area (Å²) in [6.07, 6.45) is 3.61. The van der Waals surface area contributed by atoms with Gasteiger partial charge in [0.05, 0.1) is 13.2 Å². The van der Waals surface area contributed by atoms with Crippen molar-refractivity contribution >= 4 is 12.0 Å². The molecule has 1 aliphatic heterocycles. The van der Waals surface area contributed by atoms with Crippen LogP contribution in [0.15, 0.2) is 23.8 Å². The van der Waals surface area contributed by atoms with E-state index in [1.165, 1.54) is 0 Å². The number of nitriles is 1. The molecular weight excluding hydrogens is 280 g/mol. The third-order valence-electron chi connectivity index (χ3n) is 3.61. The highest BCUT2D eigenvalue weighted by Crippen LogP contribution is 2.20. The highest BCUT2D eigenvalue weighted by molar-refractivity contribution is 6.01. The van der Waals surface area contributed by atoms with E-state index in [0.717, 1.165) is 36.3 Å². The average Bonchev–Trinajstić information content (AvgIpc) is 3.04. The van der Waals surface area contributed by atoms with Gasteiger partial charge in [0.25, 0.3) is 5.91 Å². The Morgan fingerprint density at radius 1 is 1.59 bits per heavy atom. The quantitative estimate of drug-likeness (QED) is 0.668. The summed E-state index contributed by atoms with van der Waals surface area (Å²) < 4.78 is 10.6. The van der Waals surface area contributed by atoms with Crippen molar-refractivity contribution < 1.29 is 14.3 Å². The Morgan fingerprint density at radius 3 is 3.00 bits per heavy atom. The van der Waals surface area contributed by atoms with Crippen molar-refractivity contribution in [3.63, 3.8) is 0 Å². The van der Waals surface area contributed by atoms with E-state index in [9.17, 15) is 10.1 Å². The first-order valence-electron chi connectivity index (χ1n) is 7.30. The number of nitrogens with one attached hydrogen (secondary N) is 1. The van der Waals surface area contributed by atoms with Gasteiger partial charge in [-0.15, -0.1) is 0 Å². The van der Waals surface area contributed by atoms with Crippen LogP contribution in [0, 0.1) is 18.3 Å².